The van der Waals surface area contributed by atoms with Gasteiger partial charge in [0.25, 0.3) is 11.5 Å². The number of carbonyl (C=O) groups excluding carboxylic acids is 1. The number of benzene rings is 1. The van der Waals surface area contributed by atoms with E-state index in [0.29, 0.717) is 23.7 Å². The lowest BCUT2D eigenvalue weighted by molar-refractivity contribution is 0.0738. The molecular formula is C19H23ClN2O2. The highest BCUT2D eigenvalue weighted by Crippen LogP contribution is 2.15. The predicted octanol–water partition coefficient (Wildman–Crippen LogP) is 4.09. The maximum atomic E-state index is 13.0. The molecule has 0 radical (unpaired) electrons. The number of hydrogen-bond acceptors (Lipinski definition) is 2. The lowest BCUT2D eigenvalue weighted by Gasteiger charge is -2.23. The molecule has 5 heteroatoms. The number of aryl methyl sites for hydroxylation is 2. The van der Waals surface area contributed by atoms with Crippen molar-refractivity contribution < 1.29 is 4.79 Å². The van der Waals surface area contributed by atoms with Crippen LogP contribution in [0.1, 0.15) is 46.9 Å². The number of amides is 1. The second-order valence-corrected chi connectivity index (χ2v) is 6.49. The molecule has 0 aliphatic rings. The van der Waals surface area contributed by atoms with Gasteiger partial charge in [-0.1, -0.05) is 37.1 Å². The maximum absolute atomic E-state index is 13.0. The molecule has 1 heterocycles. The molecule has 1 amide bonds. The van der Waals surface area contributed by atoms with E-state index in [-0.39, 0.29) is 17.0 Å². The first-order chi connectivity index (χ1) is 11.4. The van der Waals surface area contributed by atoms with Crippen LogP contribution in [0, 0.1) is 13.8 Å². The molecule has 24 heavy (non-hydrogen) atoms. The lowest BCUT2D eigenvalue weighted by atomic mass is 10.1. The third kappa shape index (κ3) is 4.48. The fraction of sp³-hybridized carbons (Fsp3) is 0.368. The van der Waals surface area contributed by atoms with Gasteiger partial charge in [0.1, 0.15) is 5.56 Å². The van der Waals surface area contributed by atoms with Gasteiger partial charge in [0, 0.05) is 23.8 Å². The molecule has 0 aliphatic carbocycles. The van der Waals surface area contributed by atoms with E-state index in [9.17, 15) is 9.59 Å². The summed E-state index contributed by atoms with van der Waals surface area (Å²) in [6.45, 7) is 6.73. The Morgan fingerprint density at radius 3 is 2.62 bits per heavy atom. The molecular weight excluding hydrogens is 324 g/mol. The highest BCUT2D eigenvalue weighted by Gasteiger charge is 2.21. The van der Waals surface area contributed by atoms with Crippen molar-refractivity contribution in [2.45, 2.75) is 40.2 Å². The van der Waals surface area contributed by atoms with Crippen molar-refractivity contribution in [3.05, 3.63) is 68.1 Å². The van der Waals surface area contributed by atoms with Crippen LogP contribution in [-0.2, 0) is 6.54 Å². The number of pyridine rings is 1. The maximum Gasteiger partial charge on any atom is 0.261 e. The molecule has 4 nitrogen and oxygen atoms in total. The average Bonchev–Trinajstić information content (AvgIpc) is 2.50. The first-order valence-electron chi connectivity index (χ1n) is 8.16. The molecule has 1 aromatic carbocycles. The molecule has 2 aromatic rings. The van der Waals surface area contributed by atoms with E-state index in [1.54, 1.807) is 17.9 Å². The van der Waals surface area contributed by atoms with Crippen LogP contribution in [0.15, 0.2) is 35.1 Å². The van der Waals surface area contributed by atoms with Crippen molar-refractivity contribution >= 4 is 17.5 Å². The SMILES string of the molecule is CCCCN(Cc1cccc(Cl)c1)C(=O)c1c(C)cc(C)[nH]c1=O. The Bertz CT molecular complexity index is 783. The molecule has 0 bridgehead atoms. The summed E-state index contributed by atoms with van der Waals surface area (Å²) in [5.41, 5.74) is 2.30. The van der Waals surface area contributed by atoms with E-state index in [2.05, 4.69) is 11.9 Å². The van der Waals surface area contributed by atoms with Crippen LogP contribution in [-0.4, -0.2) is 22.3 Å². The number of rotatable bonds is 6. The molecule has 0 spiro atoms. The van der Waals surface area contributed by atoms with E-state index < -0.39 is 0 Å². The van der Waals surface area contributed by atoms with Gasteiger partial charge in [-0.25, -0.2) is 0 Å². The smallest absolute Gasteiger partial charge is 0.261 e. The first-order valence-corrected chi connectivity index (χ1v) is 8.54. The molecule has 1 aromatic heterocycles. The Hall–Kier alpha value is -2.07. The van der Waals surface area contributed by atoms with Crippen molar-refractivity contribution in [1.82, 2.24) is 9.88 Å². The summed E-state index contributed by atoms with van der Waals surface area (Å²) >= 11 is 6.04. The first kappa shape index (κ1) is 18.3. The minimum atomic E-state index is -0.329. The second-order valence-electron chi connectivity index (χ2n) is 6.05. The lowest BCUT2D eigenvalue weighted by Crippen LogP contribution is -2.36. The fourth-order valence-corrected chi connectivity index (χ4v) is 2.95. The third-order valence-corrected chi connectivity index (χ3v) is 4.15. The van der Waals surface area contributed by atoms with Gasteiger partial charge in [-0.2, -0.15) is 0 Å². The van der Waals surface area contributed by atoms with Gasteiger partial charge < -0.3 is 9.88 Å². The summed E-state index contributed by atoms with van der Waals surface area (Å²) in [6.07, 6.45) is 1.86. The number of hydrogen-bond donors (Lipinski definition) is 1. The number of H-pyrrole nitrogens is 1. The molecule has 0 atom stereocenters. The Morgan fingerprint density at radius 2 is 2.00 bits per heavy atom. The van der Waals surface area contributed by atoms with Crippen molar-refractivity contribution in [3.8, 4) is 0 Å². The highest BCUT2D eigenvalue weighted by atomic mass is 35.5. The van der Waals surface area contributed by atoms with Crippen LogP contribution >= 0.6 is 11.6 Å². The zero-order chi connectivity index (χ0) is 17.7. The summed E-state index contributed by atoms with van der Waals surface area (Å²) in [7, 11) is 0. The molecule has 0 fully saturated rings. The van der Waals surface area contributed by atoms with Crippen molar-refractivity contribution in [1.29, 1.82) is 0 Å². The fourth-order valence-electron chi connectivity index (χ4n) is 2.73. The van der Waals surface area contributed by atoms with Crippen LogP contribution in [0.4, 0.5) is 0 Å². The number of aromatic nitrogens is 1. The van der Waals surface area contributed by atoms with E-state index in [4.69, 9.17) is 11.6 Å². The number of unbranched alkanes of at least 4 members (excludes halogenated alkanes) is 1. The second kappa shape index (κ2) is 8.15. The van der Waals surface area contributed by atoms with Crippen LogP contribution in [0.3, 0.4) is 0 Å². The molecule has 1 N–H and O–H groups in total. The number of aromatic amines is 1. The van der Waals surface area contributed by atoms with Crippen molar-refractivity contribution in [2.75, 3.05) is 6.54 Å². The van der Waals surface area contributed by atoms with E-state index in [1.807, 2.05) is 31.2 Å². The summed E-state index contributed by atoms with van der Waals surface area (Å²) in [4.78, 5) is 29.7. The van der Waals surface area contributed by atoms with Gasteiger partial charge in [0.2, 0.25) is 0 Å². The van der Waals surface area contributed by atoms with Gasteiger partial charge in [0.05, 0.1) is 0 Å². The van der Waals surface area contributed by atoms with Crippen LogP contribution in [0.2, 0.25) is 5.02 Å². The van der Waals surface area contributed by atoms with Crippen molar-refractivity contribution in [2.24, 2.45) is 0 Å². The van der Waals surface area contributed by atoms with Crippen LogP contribution in [0.25, 0.3) is 0 Å². The summed E-state index contributed by atoms with van der Waals surface area (Å²) in [5.74, 6) is -0.234. The predicted molar refractivity (Wildman–Crippen MR) is 97.6 cm³/mol. The number of nitrogens with zero attached hydrogens (tertiary/aromatic N) is 1. The van der Waals surface area contributed by atoms with Crippen LogP contribution in [0.5, 0.6) is 0 Å². The monoisotopic (exact) mass is 346 g/mol. The summed E-state index contributed by atoms with van der Waals surface area (Å²) < 4.78 is 0. The summed E-state index contributed by atoms with van der Waals surface area (Å²) in [5, 5.41) is 0.639. The molecule has 0 saturated carbocycles. The van der Waals surface area contributed by atoms with E-state index >= 15 is 0 Å². The Labute approximate surface area is 147 Å². The standard InChI is InChI=1S/C19H23ClN2O2/c1-4-5-9-22(12-15-7-6-8-16(20)11-15)19(24)17-13(2)10-14(3)21-18(17)23/h6-8,10-11H,4-5,9,12H2,1-3H3,(H,21,23). The molecule has 0 saturated heterocycles. The molecule has 0 aliphatic heterocycles. The highest BCUT2D eigenvalue weighted by molar-refractivity contribution is 6.30. The Kier molecular flexibility index (Phi) is 6.21. The normalized spacial score (nSPS) is 10.7. The number of halogens is 1. The van der Waals surface area contributed by atoms with Gasteiger partial charge >= 0.3 is 0 Å². The van der Waals surface area contributed by atoms with Gasteiger partial charge in [-0.05, 0) is 49.6 Å². The minimum Gasteiger partial charge on any atom is -0.334 e. The van der Waals surface area contributed by atoms with Crippen LogP contribution < -0.4 is 5.56 Å². The number of nitrogens with one attached hydrogen (secondary N) is 1. The van der Waals surface area contributed by atoms with Gasteiger partial charge in [0.15, 0.2) is 0 Å². The van der Waals surface area contributed by atoms with Gasteiger partial charge in [-0.15, -0.1) is 0 Å². The zero-order valence-corrected chi connectivity index (χ0v) is 15.1. The number of carbonyl (C=O) groups is 1. The van der Waals surface area contributed by atoms with Gasteiger partial charge in [-0.3, -0.25) is 9.59 Å². The average molecular weight is 347 g/mol. The quantitative estimate of drug-likeness (QED) is 0.856. The van der Waals surface area contributed by atoms with E-state index in [0.717, 1.165) is 24.1 Å². The largest absolute Gasteiger partial charge is 0.334 e. The summed E-state index contributed by atoms with van der Waals surface area (Å²) in [6, 6.07) is 9.28. The zero-order valence-electron chi connectivity index (χ0n) is 14.4. The third-order valence-electron chi connectivity index (χ3n) is 3.91. The Balaban J connectivity index is 2.33. The molecule has 128 valence electrons. The Morgan fingerprint density at radius 1 is 1.25 bits per heavy atom. The van der Waals surface area contributed by atoms with E-state index in [1.165, 1.54) is 0 Å². The molecule has 0 unspecified atom stereocenters. The van der Waals surface area contributed by atoms with Crippen molar-refractivity contribution in [3.63, 3.8) is 0 Å². The minimum absolute atomic E-state index is 0.221. The molecule has 2 rings (SSSR count). The topological polar surface area (TPSA) is 53.2 Å².